The zero-order chi connectivity index (χ0) is 19.4. The van der Waals surface area contributed by atoms with Crippen LogP contribution in [0.1, 0.15) is 53.7 Å². The summed E-state index contributed by atoms with van der Waals surface area (Å²) >= 11 is 1.62. The molecule has 0 aliphatic rings. The maximum atomic E-state index is 12.6. The van der Waals surface area contributed by atoms with Gasteiger partial charge in [-0.1, -0.05) is 43.8 Å². The van der Waals surface area contributed by atoms with Crippen LogP contribution in [0.5, 0.6) is 0 Å². The van der Waals surface area contributed by atoms with E-state index in [1.165, 1.54) is 0 Å². The molecule has 3 rings (SSSR count). The molecule has 1 N–H and O–H groups in total. The second kappa shape index (κ2) is 8.35. The Labute approximate surface area is 163 Å². The van der Waals surface area contributed by atoms with Crippen LogP contribution in [0.3, 0.4) is 0 Å². The summed E-state index contributed by atoms with van der Waals surface area (Å²) in [6.45, 7) is 6.22. The fourth-order valence-corrected chi connectivity index (χ4v) is 3.48. The molecule has 0 saturated heterocycles. The minimum atomic E-state index is -0.205. The van der Waals surface area contributed by atoms with Crippen LogP contribution in [0, 0.1) is 0 Å². The van der Waals surface area contributed by atoms with Gasteiger partial charge in [-0.2, -0.15) is 0 Å². The van der Waals surface area contributed by atoms with E-state index in [0.717, 1.165) is 22.1 Å². The first kappa shape index (κ1) is 19.1. The quantitative estimate of drug-likeness (QED) is 0.639. The third-order valence-corrected chi connectivity index (χ3v) is 5.37. The maximum absolute atomic E-state index is 12.6. The lowest BCUT2D eigenvalue weighted by atomic mass is 10.1. The predicted molar refractivity (Wildman–Crippen MR) is 108 cm³/mol. The number of nitrogens with one attached hydrogen (secondary N) is 1. The minimum absolute atomic E-state index is 0.173. The van der Waals surface area contributed by atoms with Crippen LogP contribution >= 0.6 is 11.8 Å². The first-order valence-electron chi connectivity index (χ1n) is 8.83. The fraction of sp³-hybridized carbons (Fsp3) is 0.300. The van der Waals surface area contributed by atoms with Gasteiger partial charge in [0.15, 0.2) is 5.16 Å². The summed E-state index contributed by atoms with van der Waals surface area (Å²) in [5.74, 6) is 0.0721. The maximum Gasteiger partial charge on any atom is 0.274 e. The normalized spacial score (nSPS) is 12.2. The fourth-order valence-electron chi connectivity index (χ4n) is 2.57. The topological polar surface area (TPSA) is 72.7 Å². The average Bonchev–Trinajstić information content (AvgIpc) is 3.06. The van der Waals surface area contributed by atoms with Gasteiger partial charge in [0.1, 0.15) is 12.0 Å². The number of benzene rings is 1. The standard InChI is InChI=1S/C20H23N5OS/c1-13(2)17-9-6-10-18(23-17)19(26)22-16-8-5-7-15(11-16)14(3)27-20-24-21-12-25(20)4/h5-14H,1-4H3,(H,22,26)/t14-/m0/s1. The van der Waals surface area contributed by atoms with Gasteiger partial charge in [0, 0.05) is 23.7 Å². The number of carbonyl (C=O) groups excluding carboxylic acids is 1. The van der Waals surface area contributed by atoms with Crippen molar-refractivity contribution < 1.29 is 4.79 Å². The van der Waals surface area contributed by atoms with Crippen LogP contribution in [0.2, 0.25) is 0 Å². The van der Waals surface area contributed by atoms with Gasteiger partial charge in [-0.25, -0.2) is 4.98 Å². The van der Waals surface area contributed by atoms with Crippen LogP contribution in [0.15, 0.2) is 53.9 Å². The summed E-state index contributed by atoms with van der Waals surface area (Å²) in [5.41, 5.74) is 3.18. The molecule has 0 bridgehead atoms. The van der Waals surface area contributed by atoms with E-state index in [1.54, 1.807) is 24.2 Å². The van der Waals surface area contributed by atoms with Gasteiger partial charge in [0.2, 0.25) is 0 Å². The number of aryl methyl sites for hydroxylation is 1. The molecule has 27 heavy (non-hydrogen) atoms. The van der Waals surface area contributed by atoms with Gasteiger partial charge in [-0.05, 0) is 42.7 Å². The van der Waals surface area contributed by atoms with Crippen molar-refractivity contribution in [1.82, 2.24) is 19.7 Å². The predicted octanol–water partition coefficient (Wildman–Crippen LogP) is 4.44. The van der Waals surface area contributed by atoms with Crippen LogP contribution in [-0.4, -0.2) is 25.7 Å². The number of thioether (sulfide) groups is 1. The van der Waals surface area contributed by atoms with Crippen molar-refractivity contribution >= 4 is 23.4 Å². The second-order valence-corrected chi connectivity index (χ2v) is 7.97. The lowest BCUT2D eigenvalue weighted by Crippen LogP contribution is -2.14. The van der Waals surface area contributed by atoms with Crippen molar-refractivity contribution in [3.05, 3.63) is 65.7 Å². The number of anilines is 1. The largest absolute Gasteiger partial charge is 0.321 e. The van der Waals surface area contributed by atoms with Crippen LogP contribution in [0.25, 0.3) is 0 Å². The summed E-state index contributed by atoms with van der Waals surface area (Å²) in [7, 11) is 1.92. The number of nitrogens with zero attached hydrogens (tertiary/aromatic N) is 4. The van der Waals surface area contributed by atoms with E-state index < -0.39 is 0 Å². The molecule has 0 unspecified atom stereocenters. The Morgan fingerprint density at radius 1 is 1.15 bits per heavy atom. The van der Waals surface area contributed by atoms with Gasteiger partial charge < -0.3 is 9.88 Å². The van der Waals surface area contributed by atoms with E-state index in [-0.39, 0.29) is 17.1 Å². The molecule has 7 heteroatoms. The van der Waals surface area contributed by atoms with Gasteiger partial charge in [0.05, 0.1) is 0 Å². The molecule has 1 aromatic carbocycles. The zero-order valence-electron chi connectivity index (χ0n) is 15.9. The van der Waals surface area contributed by atoms with Gasteiger partial charge in [-0.3, -0.25) is 4.79 Å². The van der Waals surface area contributed by atoms with Gasteiger partial charge in [-0.15, -0.1) is 10.2 Å². The Morgan fingerprint density at radius 3 is 2.63 bits per heavy atom. The molecule has 0 aliphatic carbocycles. The molecule has 2 aromatic heterocycles. The molecule has 0 fully saturated rings. The molecule has 0 spiro atoms. The van der Waals surface area contributed by atoms with Crippen molar-refractivity contribution in [2.24, 2.45) is 7.05 Å². The second-order valence-electron chi connectivity index (χ2n) is 6.67. The molecule has 1 atom stereocenters. The van der Waals surface area contributed by atoms with Crippen LogP contribution in [-0.2, 0) is 7.05 Å². The molecule has 0 aliphatic heterocycles. The SMILES string of the molecule is CC(C)c1cccc(C(=O)Nc2cccc([C@H](C)Sc3nncn3C)c2)n1. The highest BCUT2D eigenvalue weighted by Crippen LogP contribution is 2.34. The van der Waals surface area contributed by atoms with Gasteiger partial charge >= 0.3 is 0 Å². The van der Waals surface area contributed by atoms with E-state index in [1.807, 2.05) is 48.0 Å². The highest BCUT2D eigenvalue weighted by molar-refractivity contribution is 7.99. The highest BCUT2D eigenvalue weighted by atomic mass is 32.2. The number of rotatable bonds is 6. The van der Waals surface area contributed by atoms with E-state index in [2.05, 4.69) is 41.3 Å². The lowest BCUT2D eigenvalue weighted by molar-refractivity contribution is 0.102. The molecule has 6 nitrogen and oxygen atoms in total. The molecule has 0 saturated carbocycles. The van der Waals surface area contributed by atoms with Crippen molar-refractivity contribution in [2.45, 2.75) is 37.1 Å². The van der Waals surface area contributed by atoms with E-state index >= 15 is 0 Å². The number of pyridine rings is 1. The Balaban J connectivity index is 1.72. The third kappa shape index (κ3) is 4.74. The van der Waals surface area contributed by atoms with Crippen LogP contribution < -0.4 is 5.32 Å². The number of carbonyl (C=O) groups is 1. The Bertz CT molecular complexity index is 937. The molecule has 2 heterocycles. The molecular weight excluding hydrogens is 358 g/mol. The summed E-state index contributed by atoms with van der Waals surface area (Å²) < 4.78 is 1.89. The molecule has 0 radical (unpaired) electrons. The Hall–Kier alpha value is -2.67. The summed E-state index contributed by atoms with van der Waals surface area (Å²) in [6.07, 6.45) is 1.68. The summed E-state index contributed by atoms with van der Waals surface area (Å²) in [6, 6.07) is 13.4. The number of hydrogen-bond donors (Lipinski definition) is 1. The van der Waals surface area contributed by atoms with Crippen molar-refractivity contribution in [2.75, 3.05) is 5.32 Å². The van der Waals surface area contributed by atoms with Crippen molar-refractivity contribution in [3.8, 4) is 0 Å². The average molecular weight is 382 g/mol. The summed E-state index contributed by atoms with van der Waals surface area (Å²) in [4.78, 5) is 17.0. The lowest BCUT2D eigenvalue weighted by Gasteiger charge is -2.13. The smallest absolute Gasteiger partial charge is 0.274 e. The number of aromatic nitrogens is 4. The Kier molecular flexibility index (Phi) is 5.91. The molecule has 3 aromatic rings. The summed E-state index contributed by atoms with van der Waals surface area (Å²) in [5, 5.41) is 12.0. The highest BCUT2D eigenvalue weighted by Gasteiger charge is 2.14. The minimum Gasteiger partial charge on any atom is -0.321 e. The van der Waals surface area contributed by atoms with Crippen molar-refractivity contribution in [1.29, 1.82) is 0 Å². The van der Waals surface area contributed by atoms with E-state index in [0.29, 0.717) is 5.69 Å². The van der Waals surface area contributed by atoms with Crippen molar-refractivity contribution in [3.63, 3.8) is 0 Å². The first-order chi connectivity index (χ1) is 12.9. The van der Waals surface area contributed by atoms with Crippen LogP contribution in [0.4, 0.5) is 5.69 Å². The third-order valence-electron chi connectivity index (χ3n) is 4.16. The zero-order valence-corrected chi connectivity index (χ0v) is 16.7. The molecule has 140 valence electrons. The Morgan fingerprint density at radius 2 is 1.93 bits per heavy atom. The van der Waals surface area contributed by atoms with E-state index in [9.17, 15) is 4.79 Å². The number of hydrogen-bond acceptors (Lipinski definition) is 5. The molecule has 1 amide bonds. The first-order valence-corrected chi connectivity index (χ1v) is 9.71. The monoisotopic (exact) mass is 381 g/mol. The van der Waals surface area contributed by atoms with Gasteiger partial charge in [0.25, 0.3) is 5.91 Å². The molecular formula is C20H23N5OS. The van der Waals surface area contributed by atoms with E-state index in [4.69, 9.17) is 0 Å². The number of amides is 1.